The molecule has 1 aromatic heterocycles. The zero-order valence-electron chi connectivity index (χ0n) is 35.8. The van der Waals surface area contributed by atoms with Gasteiger partial charge in [-0.2, -0.15) is 0 Å². The van der Waals surface area contributed by atoms with Gasteiger partial charge < -0.3 is 25.5 Å². The van der Waals surface area contributed by atoms with Crippen molar-refractivity contribution in [2.75, 3.05) is 5.32 Å². The highest BCUT2D eigenvalue weighted by atomic mass is 19.1. The Morgan fingerprint density at radius 2 is 1.68 bits per heavy atom. The smallest absolute Gasteiger partial charge is 0.331 e. The molecule has 0 radical (unpaired) electrons. The number of hydrogen-bond donors (Lipinski definition) is 3. The van der Waals surface area contributed by atoms with Crippen LogP contribution in [0, 0.1) is 12.7 Å². The van der Waals surface area contributed by atoms with Gasteiger partial charge in [0, 0.05) is 36.3 Å². The maximum absolute atomic E-state index is 16.0. The molecular formula is C48H58FN5O6. The normalized spacial score (nSPS) is 14.7. The van der Waals surface area contributed by atoms with Crippen molar-refractivity contribution >= 4 is 45.3 Å². The number of nitrogens with zero attached hydrogens (tertiary/aromatic N) is 2. The van der Waals surface area contributed by atoms with Crippen LogP contribution in [0.25, 0.3) is 21.7 Å². The summed E-state index contributed by atoms with van der Waals surface area (Å²) in [4.78, 5) is 62.2. The van der Waals surface area contributed by atoms with Crippen LogP contribution in [0.3, 0.4) is 0 Å². The summed E-state index contributed by atoms with van der Waals surface area (Å²) in [6.45, 7) is 13.0. The summed E-state index contributed by atoms with van der Waals surface area (Å²) in [5.41, 5.74) is 9.09. The third-order valence-corrected chi connectivity index (χ3v) is 11.1. The van der Waals surface area contributed by atoms with Gasteiger partial charge in [-0.05, 0) is 132 Å². The van der Waals surface area contributed by atoms with Crippen LogP contribution in [0.5, 0.6) is 0 Å². The number of halogens is 1. The third kappa shape index (κ3) is 11.2. The van der Waals surface area contributed by atoms with E-state index in [1.807, 2.05) is 63.2 Å². The summed E-state index contributed by atoms with van der Waals surface area (Å²) in [5, 5.41) is 5.47. The Labute approximate surface area is 351 Å². The number of benzene rings is 4. The number of aromatic amines is 1. The van der Waals surface area contributed by atoms with E-state index in [9.17, 15) is 19.2 Å². The molecule has 12 heteroatoms. The molecule has 0 aliphatic heterocycles. The minimum atomic E-state index is -1.12. The summed E-state index contributed by atoms with van der Waals surface area (Å²) < 4.78 is 27.1. The lowest BCUT2D eigenvalue weighted by atomic mass is 9.94. The first-order chi connectivity index (χ1) is 28.3. The second-order valence-electron chi connectivity index (χ2n) is 18.0. The molecule has 6 rings (SSSR count). The highest BCUT2D eigenvalue weighted by Gasteiger charge is 2.38. The standard InChI is InChI=1S/C48H58FN5O6/c1-29-52-40-20-18-33-16-15-31(24-37(33)43(40)44(56)53-29)27-51-36-19-17-35(38(49)26-36)28-54(47(2,3)4)41(21-22-42(55)60-48(5,6)7)46(58)59-45(57)39(50)25-30-11-10-14-34(23-30)32-12-8-9-13-32/h10-11,14-20,23-24,26,32,39,41,51H,8-9,12-13,21-22,25,27-28,50H2,1-7H3,(H,52,53,56)/t39-,41-/m0/s1. The average molecular weight is 820 g/mol. The number of carbonyl (C=O) groups excluding carboxylic acids is 3. The molecule has 1 aliphatic carbocycles. The van der Waals surface area contributed by atoms with Crippen LogP contribution >= 0.6 is 0 Å². The zero-order valence-corrected chi connectivity index (χ0v) is 35.8. The van der Waals surface area contributed by atoms with Gasteiger partial charge in [-0.15, -0.1) is 0 Å². The van der Waals surface area contributed by atoms with E-state index < -0.39 is 46.9 Å². The summed E-state index contributed by atoms with van der Waals surface area (Å²) in [7, 11) is 0. The van der Waals surface area contributed by atoms with E-state index in [-0.39, 0.29) is 31.4 Å². The van der Waals surface area contributed by atoms with E-state index in [2.05, 4.69) is 27.4 Å². The van der Waals surface area contributed by atoms with Crippen LogP contribution in [0.15, 0.2) is 77.6 Å². The second kappa shape index (κ2) is 18.4. The lowest BCUT2D eigenvalue weighted by Gasteiger charge is -2.40. The molecule has 1 fully saturated rings. The SMILES string of the molecule is Cc1nc2ccc3ccc(CNc4ccc(CN([C@@H](CCC(=O)OC(C)(C)C)C(=O)OC(=O)[C@@H](N)Cc5cccc(C6CCCC6)c5)C(C)(C)C)c(F)c4)cc3c2c(=O)[nH]1. The number of nitrogens with two attached hydrogens (primary N) is 1. The van der Waals surface area contributed by atoms with E-state index in [0.717, 1.165) is 34.7 Å². The third-order valence-electron chi connectivity index (χ3n) is 11.1. The lowest BCUT2D eigenvalue weighted by Crippen LogP contribution is -2.53. The molecule has 4 aromatic carbocycles. The van der Waals surface area contributed by atoms with Crippen molar-refractivity contribution in [1.29, 1.82) is 0 Å². The Kier molecular flexibility index (Phi) is 13.5. The van der Waals surface area contributed by atoms with Gasteiger partial charge in [0.15, 0.2) is 0 Å². The Morgan fingerprint density at radius 3 is 2.38 bits per heavy atom. The number of esters is 3. The van der Waals surface area contributed by atoms with Crippen molar-refractivity contribution in [2.45, 2.75) is 136 Å². The number of aromatic nitrogens is 2. The molecule has 5 aromatic rings. The fraction of sp³-hybridized carbons (Fsp3) is 0.438. The molecule has 0 amide bonds. The molecule has 60 heavy (non-hydrogen) atoms. The minimum Gasteiger partial charge on any atom is -0.460 e. The van der Waals surface area contributed by atoms with Gasteiger partial charge in [-0.1, -0.05) is 61.4 Å². The van der Waals surface area contributed by atoms with Crippen LogP contribution in [-0.4, -0.2) is 56.0 Å². The highest BCUT2D eigenvalue weighted by Crippen LogP contribution is 2.34. The first kappa shape index (κ1) is 44.1. The van der Waals surface area contributed by atoms with E-state index >= 15 is 4.39 Å². The molecule has 2 atom stereocenters. The number of anilines is 1. The van der Waals surface area contributed by atoms with Gasteiger partial charge in [0.05, 0.1) is 10.9 Å². The van der Waals surface area contributed by atoms with Gasteiger partial charge in [0.1, 0.15) is 29.3 Å². The largest absolute Gasteiger partial charge is 0.460 e. The summed E-state index contributed by atoms with van der Waals surface area (Å²) in [6, 6.07) is 20.2. The Balaban J connectivity index is 1.18. The number of H-pyrrole nitrogens is 1. The maximum Gasteiger partial charge on any atom is 0.331 e. The molecule has 1 aliphatic rings. The van der Waals surface area contributed by atoms with Crippen molar-refractivity contribution in [3.05, 3.63) is 117 Å². The Morgan fingerprint density at radius 1 is 0.950 bits per heavy atom. The molecule has 11 nitrogen and oxygen atoms in total. The van der Waals surface area contributed by atoms with Crippen molar-refractivity contribution < 1.29 is 28.2 Å². The summed E-state index contributed by atoms with van der Waals surface area (Å²) >= 11 is 0. The monoisotopic (exact) mass is 819 g/mol. The number of rotatable bonds is 14. The van der Waals surface area contributed by atoms with Gasteiger partial charge in [-0.25, -0.2) is 19.0 Å². The number of nitrogens with one attached hydrogen (secondary N) is 2. The number of hydrogen-bond acceptors (Lipinski definition) is 10. The average Bonchev–Trinajstić information content (AvgIpc) is 3.71. The number of fused-ring (bicyclic) bond motifs is 3. The molecule has 1 saturated carbocycles. The first-order valence-corrected chi connectivity index (χ1v) is 20.9. The summed E-state index contributed by atoms with van der Waals surface area (Å²) in [5.74, 6) is -1.73. The van der Waals surface area contributed by atoms with Crippen LogP contribution in [0.1, 0.15) is 114 Å². The van der Waals surface area contributed by atoms with Gasteiger partial charge in [0.25, 0.3) is 5.56 Å². The lowest BCUT2D eigenvalue weighted by molar-refractivity contribution is -0.166. The minimum absolute atomic E-state index is 0.0301. The number of carbonyl (C=O) groups is 3. The van der Waals surface area contributed by atoms with E-state index in [0.29, 0.717) is 40.4 Å². The van der Waals surface area contributed by atoms with Crippen molar-refractivity contribution in [1.82, 2.24) is 14.9 Å². The molecule has 0 unspecified atom stereocenters. The predicted octanol–water partition coefficient (Wildman–Crippen LogP) is 8.52. The van der Waals surface area contributed by atoms with Gasteiger partial charge >= 0.3 is 17.9 Å². The summed E-state index contributed by atoms with van der Waals surface area (Å²) in [6.07, 6.45) is 4.69. The number of aryl methyl sites for hydroxylation is 1. The fourth-order valence-corrected chi connectivity index (χ4v) is 8.08. The highest BCUT2D eigenvalue weighted by molar-refractivity contribution is 6.05. The van der Waals surface area contributed by atoms with Crippen LogP contribution in [0.2, 0.25) is 0 Å². The molecule has 1 heterocycles. The van der Waals surface area contributed by atoms with Crippen molar-refractivity contribution in [2.24, 2.45) is 5.73 Å². The fourth-order valence-electron chi connectivity index (χ4n) is 8.08. The predicted molar refractivity (Wildman–Crippen MR) is 233 cm³/mol. The first-order valence-electron chi connectivity index (χ1n) is 20.9. The van der Waals surface area contributed by atoms with Gasteiger partial charge in [-0.3, -0.25) is 14.5 Å². The molecule has 0 spiro atoms. The Hall–Kier alpha value is -5.46. The Bertz CT molecular complexity index is 2430. The van der Waals surface area contributed by atoms with Crippen LogP contribution in [0.4, 0.5) is 10.1 Å². The number of ether oxygens (including phenoxy) is 2. The van der Waals surface area contributed by atoms with Gasteiger partial charge in [0.2, 0.25) is 0 Å². The molecule has 318 valence electrons. The molecule has 0 bridgehead atoms. The van der Waals surface area contributed by atoms with Crippen molar-refractivity contribution in [3.63, 3.8) is 0 Å². The molecular weight excluding hydrogens is 762 g/mol. The molecule has 0 saturated heterocycles. The van der Waals surface area contributed by atoms with Crippen molar-refractivity contribution in [3.8, 4) is 0 Å². The quantitative estimate of drug-likeness (QED) is 0.0564. The second-order valence-corrected chi connectivity index (χ2v) is 18.0. The van der Waals surface area contributed by atoms with E-state index in [1.165, 1.54) is 24.5 Å². The van der Waals surface area contributed by atoms with E-state index in [4.69, 9.17) is 15.2 Å². The molecule has 4 N–H and O–H groups in total. The zero-order chi connectivity index (χ0) is 43.4. The van der Waals surface area contributed by atoms with Crippen LogP contribution in [-0.2, 0) is 43.4 Å². The van der Waals surface area contributed by atoms with Crippen LogP contribution < -0.4 is 16.6 Å². The topological polar surface area (TPSA) is 157 Å². The maximum atomic E-state index is 16.0. The van der Waals surface area contributed by atoms with E-state index in [1.54, 1.807) is 44.7 Å².